The molecule has 5 heteroatoms. The van der Waals surface area contributed by atoms with Crippen LogP contribution in [0.5, 0.6) is 0 Å². The Bertz CT molecular complexity index is 1060. The molecule has 33 heavy (non-hydrogen) atoms. The lowest BCUT2D eigenvalue weighted by molar-refractivity contribution is -0.124. The van der Waals surface area contributed by atoms with Crippen LogP contribution in [0.4, 0.5) is 5.69 Å². The summed E-state index contributed by atoms with van der Waals surface area (Å²) in [4.78, 5) is 19.2. The number of rotatable bonds is 4. The van der Waals surface area contributed by atoms with Gasteiger partial charge in [0.1, 0.15) is 6.04 Å². The van der Waals surface area contributed by atoms with Gasteiger partial charge in [0.05, 0.1) is 18.2 Å². The second-order valence-electron chi connectivity index (χ2n) is 11.8. The van der Waals surface area contributed by atoms with Gasteiger partial charge in [-0.05, 0) is 71.1 Å². The summed E-state index contributed by atoms with van der Waals surface area (Å²) >= 11 is 0. The van der Waals surface area contributed by atoms with Crippen LogP contribution in [0.1, 0.15) is 84.4 Å². The van der Waals surface area contributed by atoms with Crippen molar-refractivity contribution in [3.63, 3.8) is 0 Å². The topological polar surface area (TPSA) is 68.4 Å². The van der Waals surface area contributed by atoms with E-state index in [2.05, 4.69) is 83.0 Å². The minimum absolute atomic E-state index is 0.00317. The van der Waals surface area contributed by atoms with Crippen LogP contribution < -0.4 is 10.2 Å². The Morgan fingerprint density at radius 3 is 2.48 bits per heavy atom. The fraction of sp³-hybridized carbons (Fsp3) is 0.679. The Kier molecular flexibility index (Phi) is 6.09. The van der Waals surface area contributed by atoms with Gasteiger partial charge in [-0.3, -0.25) is 4.79 Å². The maximum atomic E-state index is 13.3. The van der Waals surface area contributed by atoms with Gasteiger partial charge in [0.2, 0.25) is 5.91 Å². The van der Waals surface area contributed by atoms with E-state index in [4.69, 9.17) is 0 Å². The Labute approximate surface area is 199 Å². The minimum Gasteiger partial charge on any atom is -0.394 e. The molecule has 0 fully saturated rings. The van der Waals surface area contributed by atoms with Crippen LogP contribution in [0.2, 0.25) is 0 Å². The summed E-state index contributed by atoms with van der Waals surface area (Å²) in [7, 11) is 2.07. The number of likely N-dealkylation sites (N-methyl/N-ethyl adjacent to an activating group) is 1. The summed E-state index contributed by atoms with van der Waals surface area (Å²) in [6, 6.07) is 1.84. The lowest BCUT2D eigenvalue weighted by Gasteiger charge is -2.48. The normalized spacial score (nSPS) is 30.3. The zero-order valence-corrected chi connectivity index (χ0v) is 21.8. The number of carbonyl (C=O) groups is 1. The van der Waals surface area contributed by atoms with Gasteiger partial charge in [-0.25, -0.2) is 0 Å². The second-order valence-corrected chi connectivity index (χ2v) is 11.8. The van der Waals surface area contributed by atoms with Crippen molar-refractivity contribution in [2.75, 3.05) is 18.6 Å². The number of fused-ring (bicyclic) bond motifs is 2. The largest absolute Gasteiger partial charge is 0.394 e. The molecule has 0 saturated heterocycles. The third-order valence-electron chi connectivity index (χ3n) is 9.22. The summed E-state index contributed by atoms with van der Waals surface area (Å²) < 4.78 is 0. The van der Waals surface area contributed by atoms with Crippen LogP contribution in [-0.2, 0) is 22.0 Å². The average molecular weight is 454 g/mol. The summed E-state index contributed by atoms with van der Waals surface area (Å²) in [5.41, 5.74) is 6.65. The molecule has 2 heterocycles. The molecule has 0 unspecified atom stereocenters. The zero-order valence-electron chi connectivity index (χ0n) is 21.8. The molecule has 3 N–H and O–H groups in total. The Morgan fingerprint density at radius 1 is 1.21 bits per heavy atom. The number of aliphatic hydroxyl groups is 1. The number of aliphatic hydroxyl groups excluding tert-OH is 1. The highest BCUT2D eigenvalue weighted by atomic mass is 16.3. The molecule has 1 aromatic carbocycles. The molecule has 0 spiro atoms. The van der Waals surface area contributed by atoms with Gasteiger partial charge < -0.3 is 20.3 Å². The number of aromatic nitrogens is 1. The average Bonchev–Trinajstić information content (AvgIpc) is 3.18. The van der Waals surface area contributed by atoms with Crippen LogP contribution in [0, 0.1) is 11.8 Å². The predicted molar refractivity (Wildman–Crippen MR) is 137 cm³/mol. The highest BCUT2D eigenvalue weighted by Gasteiger charge is 2.45. The maximum Gasteiger partial charge on any atom is 0.243 e. The summed E-state index contributed by atoms with van der Waals surface area (Å²) in [5, 5.41) is 14.4. The molecule has 4 atom stereocenters. The fourth-order valence-electron chi connectivity index (χ4n) is 6.42. The van der Waals surface area contributed by atoms with Gasteiger partial charge in [-0.15, -0.1) is 0 Å². The molecule has 1 aromatic heterocycles. The third kappa shape index (κ3) is 3.58. The van der Waals surface area contributed by atoms with E-state index in [1.165, 1.54) is 40.4 Å². The SMILES string of the molecule is CC[C@]1(C)CC[C@](C)(C(C)C)c2cc3c4c(c[nH]c4c21)C[C@@H](CO)NC(=O)[C@H](C(C)C)N3C. The molecule has 2 aliphatic rings. The number of hydrogen-bond donors (Lipinski definition) is 3. The molecule has 182 valence electrons. The van der Waals surface area contributed by atoms with Crippen LogP contribution in [0.3, 0.4) is 0 Å². The second kappa shape index (κ2) is 8.33. The van der Waals surface area contributed by atoms with Gasteiger partial charge in [0, 0.05) is 24.3 Å². The number of carbonyl (C=O) groups excluding carboxylic acids is 1. The van der Waals surface area contributed by atoms with E-state index >= 15 is 0 Å². The quantitative estimate of drug-likeness (QED) is 0.608. The van der Waals surface area contributed by atoms with Gasteiger partial charge in [0.15, 0.2) is 0 Å². The summed E-state index contributed by atoms with van der Waals surface area (Å²) in [6.45, 7) is 16.0. The highest BCUT2D eigenvalue weighted by Crippen LogP contribution is 2.54. The van der Waals surface area contributed by atoms with Crippen molar-refractivity contribution in [2.45, 2.75) is 97.1 Å². The number of nitrogens with zero attached hydrogens (tertiary/aromatic N) is 1. The summed E-state index contributed by atoms with van der Waals surface area (Å²) in [6.07, 6.45) is 6.19. The van der Waals surface area contributed by atoms with Crippen molar-refractivity contribution in [1.29, 1.82) is 0 Å². The van der Waals surface area contributed by atoms with E-state index in [0.29, 0.717) is 12.3 Å². The van der Waals surface area contributed by atoms with Crippen molar-refractivity contribution in [1.82, 2.24) is 10.3 Å². The van der Waals surface area contributed by atoms with Crippen molar-refractivity contribution in [2.24, 2.45) is 11.8 Å². The van der Waals surface area contributed by atoms with E-state index in [1.807, 2.05) is 0 Å². The predicted octanol–water partition coefficient (Wildman–Crippen LogP) is 5.04. The number of anilines is 1. The van der Waals surface area contributed by atoms with E-state index in [-0.39, 0.29) is 41.3 Å². The van der Waals surface area contributed by atoms with E-state index in [1.54, 1.807) is 0 Å². The number of H-pyrrole nitrogens is 1. The monoisotopic (exact) mass is 453 g/mol. The standard InChI is InChI=1S/C28H43N3O2/c1-9-27(6)10-11-28(7,17(4)5)20-13-21-22-18(14-29-24(22)23(20)27)12-19(15-32)30-26(33)25(16(2)3)31(21)8/h13-14,16-17,19,25,29,32H,9-12,15H2,1-8H3,(H,30,33)/t19-,25-,27+,28+/m0/s1. The lowest BCUT2D eigenvalue weighted by atomic mass is 9.57. The first kappa shape index (κ1) is 24.1. The van der Waals surface area contributed by atoms with Crippen LogP contribution in [0.25, 0.3) is 10.9 Å². The van der Waals surface area contributed by atoms with Crippen molar-refractivity contribution in [3.05, 3.63) is 29.0 Å². The first-order valence-electron chi connectivity index (χ1n) is 12.8. The maximum absolute atomic E-state index is 13.3. The highest BCUT2D eigenvalue weighted by molar-refractivity contribution is 6.01. The van der Waals surface area contributed by atoms with Crippen molar-refractivity contribution in [3.8, 4) is 0 Å². The molecule has 4 rings (SSSR count). The molecule has 2 aromatic rings. The molecule has 1 aliphatic heterocycles. The number of aromatic amines is 1. The molecular weight excluding hydrogens is 410 g/mol. The fourth-order valence-corrected chi connectivity index (χ4v) is 6.42. The number of hydrogen-bond acceptors (Lipinski definition) is 3. The Morgan fingerprint density at radius 2 is 1.91 bits per heavy atom. The van der Waals surface area contributed by atoms with Crippen LogP contribution in [0.15, 0.2) is 12.3 Å². The molecule has 0 saturated carbocycles. The first-order chi connectivity index (χ1) is 15.5. The smallest absolute Gasteiger partial charge is 0.243 e. The number of amides is 1. The third-order valence-corrected chi connectivity index (χ3v) is 9.22. The summed E-state index contributed by atoms with van der Waals surface area (Å²) in [5.74, 6) is 0.649. The molecule has 0 radical (unpaired) electrons. The Balaban J connectivity index is 2.10. The van der Waals surface area contributed by atoms with Gasteiger partial charge in [-0.2, -0.15) is 0 Å². The number of benzene rings is 1. The van der Waals surface area contributed by atoms with Gasteiger partial charge in [0.25, 0.3) is 0 Å². The number of nitrogens with one attached hydrogen (secondary N) is 2. The molecule has 0 bridgehead atoms. The van der Waals surface area contributed by atoms with Gasteiger partial charge >= 0.3 is 0 Å². The van der Waals surface area contributed by atoms with Crippen molar-refractivity contribution >= 4 is 22.5 Å². The lowest BCUT2D eigenvalue weighted by Crippen LogP contribution is -2.52. The van der Waals surface area contributed by atoms with Crippen LogP contribution >= 0.6 is 0 Å². The van der Waals surface area contributed by atoms with E-state index in [0.717, 1.165) is 12.1 Å². The Hall–Kier alpha value is -2.01. The molecule has 1 amide bonds. The van der Waals surface area contributed by atoms with Gasteiger partial charge in [-0.1, -0.05) is 48.5 Å². The molecule has 1 aliphatic carbocycles. The molecule has 5 nitrogen and oxygen atoms in total. The van der Waals surface area contributed by atoms with E-state index in [9.17, 15) is 9.90 Å². The zero-order chi connectivity index (χ0) is 24.3. The minimum atomic E-state index is -0.299. The van der Waals surface area contributed by atoms with Crippen molar-refractivity contribution < 1.29 is 9.90 Å². The first-order valence-corrected chi connectivity index (χ1v) is 12.8. The van der Waals surface area contributed by atoms with Crippen LogP contribution in [-0.4, -0.2) is 41.7 Å². The van der Waals surface area contributed by atoms with E-state index < -0.39 is 0 Å². The molecular formula is C28H43N3O2.